The first kappa shape index (κ1) is 14.3. The standard InChI is InChI=1S/C14H21ClO2/c1-4-10(5-2)8-13(16)11-6-7-14(17-3)12(15)9-11/h6-7,9-10,13,16H,4-5,8H2,1-3H3. The predicted molar refractivity (Wildman–Crippen MR) is 71.7 cm³/mol. The van der Waals surface area contributed by atoms with Gasteiger partial charge in [-0.15, -0.1) is 0 Å². The molecular weight excluding hydrogens is 236 g/mol. The number of hydrogen-bond donors (Lipinski definition) is 1. The molecule has 0 bridgehead atoms. The summed E-state index contributed by atoms with van der Waals surface area (Å²) in [5, 5.41) is 10.7. The molecule has 0 radical (unpaired) electrons. The highest BCUT2D eigenvalue weighted by Crippen LogP contribution is 2.31. The van der Waals surface area contributed by atoms with E-state index in [0.717, 1.165) is 24.8 Å². The second-order valence-corrected chi connectivity index (χ2v) is 4.74. The van der Waals surface area contributed by atoms with Gasteiger partial charge in [-0.1, -0.05) is 44.4 Å². The van der Waals surface area contributed by atoms with Gasteiger partial charge in [-0.2, -0.15) is 0 Å². The highest BCUT2D eigenvalue weighted by molar-refractivity contribution is 6.32. The number of rotatable bonds is 6. The molecule has 0 spiro atoms. The van der Waals surface area contributed by atoms with Crippen molar-refractivity contribution in [2.45, 2.75) is 39.2 Å². The smallest absolute Gasteiger partial charge is 0.137 e. The maximum absolute atomic E-state index is 10.1. The molecule has 1 rings (SSSR count). The van der Waals surface area contributed by atoms with Crippen LogP contribution >= 0.6 is 11.6 Å². The third-order valence-electron chi connectivity index (χ3n) is 3.27. The fourth-order valence-corrected chi connectivity index (χ4v) is 2.23. The topological polar surface area (TPSA) is 29.5 Å². The SMILES string of the molecule is CCC(CC)CC(O)c1ccc(OC)c(Cl)c1. The quantitative estimate of drug-likeness (QED) is 0.826. The molecule has 0 fully saturated rings. The van der Waals surface area contributed by atoms with Crippen LogP contribution in [0.15, 0.2) is 18.2 Å². The van der Waals surface area contributed by atoms with Gasteiger partial charge in [-0.3, -0.25) is 0 Å². The summed E-state index contributed by atoms with van der Waals surface area (Å²) >= 11 is 6.04. The number of aliphatic hydroxyl groups is 1. The van der Waals surface area contributed by atoms with Crippen molar-refractivity contribution in [3.63, 3.8) is 0 Å². The number of methoxy groups -OCH3 is 1. The average molecular weight is 257 g/mol. The lowest BCUT2D eigenvalue weighted by atomic mass is 9.93. The Labute approximate surface area is 109 Å². The molecule has 0 saturated heterocycles. The van der Waals surface area contributed by atoms with Crippen LogP contribution in [0, 0.1) is 5.92 Å². The normalized spacial score (nSPS) is 12.8. The van der Waals surface area contributed by atoms with Crippen molar-refractivity contribution in [2.75, 3.05) is 7.11 Å². The van der Waals surface area contributed by atoms with E-state index in [-0.39, 0.29) is 0 Å². The lowest BCUT2D eigenvalue weighted by molar-refractivity contribution is 0.141. The summed E-state index contributed by atoms with van der Waals surface area (Å²) in [6.07, 6.45) is 2.54. The van der Waals surface area contributed by atoms with E-state index < -0.39 is 6.10 Å². The number of hydrogen-bond acceptors (Lipinski definition) is 2. The molecule has 96 valence electrons. The van der Waals surface area contributed by atoms with Crippen LogP contribution in [-0.4, -0.2) is 12.2 Å². The van der Waals surface area contributed by atoms with Crippen LogP contribution in [-0.2, 0) is 0 Å². The van der Waals surface area contributed by atoms with E-state index in [4.69, 9.17) is 16.3 Å². The highest BCUT2D eigenvalue weighted by Gasteiger charge is 2.14. The van der Waals surface area contributed by atoms with Crippen LogP contribution in [0.4, 0.5) is 0 Å². The zero-order valence-corrected chi connectivity index (χ0v) is 11.5. The van der Waals surface area contributed by atoms with Crippen LogP contribution in [0.2, 0.25) is 5.02 Å². The molecule has 1 aromatic rings. The zero-order valence-electron chi connectivity index (χ0n) is 10.7. The van der Waals surface area contributed by atoms with Crippen LogP contribution in [0.3, 0.4) is 0 Å². The van der Waals surface area contributed by atoms with Crippen molar-refractivity contribution in [1.29, 1.82) is 0 Å². The van der Waals surface area contributed by atoms with Gasteiger partial charge in [0, 0.05) is 0 Å². The molecule has 1 aromatic carbocycles. The van der Waals surface area contributed by atoms with Gasteiger partial charge in [-0.05, 0) is 30.0 Å². The fourth-order valence-electron chi connectivity index (χ4n) is 1.96. The van der Waals surface area contributed by atoms with Crippen molar-refractivity contribution >= 4 is 11.6 Å². The first-order valence-corrected chi connectivity index (χ1v) is 6.51. The summed E-state index contributed by atoms with van der Waals surface area (Å²) in [6.45, 7) is 4.31. The molecule has 0 heterocycles. The van der Waals surface area contributed by atoms with E-state index in [0.29, 0.717) is 16.7 Å². The Morgan fingerprint density at radius 2 is 1.94 bits per heavy atom. The van der Waals surface area contributed by atoms with E-state index in [1.807, 2.05) is 6.07 Å². The van der Waals surface area contributed by atoms with E-state index in [1.54, 1.807) is 19.2 Å². The van der Waals surface area contributed by atoms with E-state index in [1.165, 1.54) is 0 Å². The number of halogens is 1. The lowest BCUT2D eigenvalue weighted by Crippen LogP contribution is -2.06. The Morgan fingerprint density at radius 3 is 2.41 bits per heavy atom. The molecule has 0 amide bonds. The van der Waals surface area contributed by atoms with E-state index >= 15 is 0 Å². The molecule has 1 atom stereocenters. The van der Waals surface area contributed by atoms with Gasteiger partial charge in [0.15, 0.2) is 0 Å². The molecule has 2 nitrogen and oxygen atoms in total. The van der Waals surface area contributed by atoms with Gasteiger partial charge in [0.2, 0.25) is 0 Å². The summed E-state index contributed by atoms with van der Waals surface area (Å²) in [5.74, 6) is 1.20. The molecule has 0 saturated carbocycles. The molecule has 3 heteroatoms. The third kappa shape index (κ3) is 3.90. The van der Waals surface area contributed by atoms with Gasteiger partial charge in [0.05, 0.1) is 18.2 Å². The lowest BCUT2D eigenvalue weighted by Gasteiger charge is -2.18. The summed E-state index contributed by atoms with van der Waals surface area (Å²) in [7, 11) is 1.58. The number of aliphatic hydroxyl groups excluding tert-OH is 1. The minimum Gasteiger partial charge on any atom is -0.495 e. The minimum atomic E-state index is -0.441. The molecule has 17 heavy (non-hydrogen) atoms. The first-order chi connectivity index (χ1) is 8.12. The van der Waals surface area contributed by atoms with Crippen molar-refractivity contribution in [3.8, 4) is 5.75 Å². The monoisotopic (exact) mass is 256 g/mol. The van der Waals surface area contributed by atoms with E-state index in [2.05, 4.69) is 13.8 Å². The summed E-state index contributed by atoms with van der Waals surface area (Å²) < 4.78 is 5.09. The molecule has 0 aliphatic heterocycles. The first-order valence-electron chi connectivity index (χ1n) is 6.13. The Balaban J connectivity index is 2.75. The van der Waals surface area contributed by atoms with Gasteiger partial charge in [-0.25, -0.2) is 0 Å². The van der Waals surface area contributed by atoms with Gasteiger partial charge < -0.3 is 9.84 Å². The molecule has 1 unspecified atom stereocenters. The molecule has 1 N–H and O–H groups in total. The van der Waals surface area contributed by atoms with Gasteiger partial charge >= 0.3 is 0 Å². The summed E-state index contributed by atoms with van der Waals surface area (Å²) in [6, 6.07) is 5.46. The largest absolute Gasteiger partial charge is 0.495 e. The van der Waals surface area contributed by atoms with Crippen molar-refractivity contribution in [3.05, 3.63) is 28.8 Å². The van der Waals surface area contributed by atoms with Crippen molar-refractivity contribution in [2.24, 2.45) is 5.92 Å². The molecule has 0 aromatic heterocycles. The highest BCUT2D eigenvalue weighted by atomic mass is 35.5. The van der Waals surface area contributed by atoms with Crippen LogP contribution < -0.4 is 4.74 Å². The Morgan fingerprint density at radius 1 is 1.29 bits per heavy atom. The third-order valence-corrected chi connectivity index (χ3v) is 3.57. The van der Waals surface area contributed by atoms with Crippen LogP contribution in [0.25, 0.3) is 0 Å². The van der Waals surface area contributed by atoms with Crippen molar-refractivity contribution in [1.82, 2.24) is 0 Å². The molecule has 0 aliphatic carbocycles. The van der Waals surface area contributed by atoms with Crippen LogP contribution in [0.1, 0.15) is 44.8 Å². The Kier molecular flexibility index (Phi) is 5.79. The summed E-state index contributed by atoms with van der Waals surface area (Å²) in [5.41, 5.74) is 0.864. The molecular formula is C14H21ClO2. The Hall–Kier alpha value is -0.730. The molecule has 0 aliphatic rings. The second kappa shape index (κ2) is 6.87. The van der Waals surface area contributed by atoms with Gasteiger partial charge in [0.25, 0.3) is 0 Å². The number of benzene rings is 1. The van der Waals surface area contributed by atoms with Crippen LogP contribution in [0.5, 0.6) is 5.75 Å². The maximum Gasteiger partial charge on any atom is 0.137 e. The minimum absolute atomic E-state index is 0.441. The predicted octanol–water partition coefficient (Wildman–Crippen LogP) is 4.21. The second-order valence-electron chi connectivity index (χ2n) is 4.33. The number of ether oxygens (including phenoxy) is 1. The fraction of sp³-hybridized carbons (Fsp3) is 0.571. The summed E-state index contributed by atoms with van der Waals surface area (Å²) in [4.78, 5) is 0. The van der Waals surface area contributed by atoms with Crippen molar-refractivity contribution < 1.29 is 9.84 Å². The average Bonchev–Trinajstić information content (AvgIpc) is 2.35. The maximum atomic E-state index is 10.1. The zero-order chi connectivity index (χ0) is 12.8. The van der Waals surface area contributed by atoms with E-state index in [9.17, 15) is 5.11 Å². The van der Waals surface area contributed by atoms with Gasteiger partial charge in [0.1, 0.15) is 5.75 Å². The Bertz CT molecular complexity index is 348.